The van der Waals surface area contributed by atoms with Crippen molar-refractivity contribution in [3.63, 3.8) is 0 Å². The SMILES string of the molecule is O=C1CC(CO)CN1CCOCc1ccccc1. The molecule has 2 rings (SSSR count). The zero-order valence-corrected chi connectivity index (χ0v) is 10.4. The first kappa shape index (κ1) is 13.1. The third-order valence-electron chi connectivity index (χ3n) is 3.17. The average Bonchev–Trinajstić information content (AvgIpc) is 2.77. The third kappa shape index (κ3) is 3.55. The summed E-state index contributed by atoms with van der Waals surface area (Å²) in [4.78, 5) is 13.3. The Hall–Kier alpha value is -1.39. The van der Waals surface area contributed by atoms with Crippen molar-refractivity contribution in [2.45, 2.75) is 13.0 Å². The summed E-state index contributed by atoms with van der Waals surface area (Å²) in [5.41, 5.74) is 1.14. The van der Waals surface area contributed by atoms with Crippen molar-refractivity contribution < 1.29 is 14.6 Å². The number of likely N-dealkylation sites (tertiary alicyclic amines) is 1. The summed E-state index contributed by atoms with van der Waals surface area (Å²) in [6, 6.07) is 9.97. The number of ether oxygens (including phenoxy) is 1. The summed E-state index contributed by atoms with van der Waals surface area (Å²) >= 11 is 0. The molecule has 4 nitrogen and oxygen atoms in total. The molecule has 1 fully saturated rings. The average molecular weight is 249 g/mol. The molecule has 1 unspecified atom stereocenters. The largest absolute Gasteiger partial charge is 0.396 e. The Balaban J connectivity index is 1.65. The fourth-order valence-corrected chi connectivity index (χ4v) is 2.13. The molecule has 0 aliphatic carbocycles. The van der Waals surface area contributed by atoms with Gasteiger partial charge in [-0.05, 0) is 5.56 Å². The Morgan fingerprint density at radius 1 is 1.33 bits per heavy atom. The van der Waals surface area contributed by atoms with Crippen LogP contribution in [-0.4, -0.2) is 42.2 Å². The number of carbonyl (C=O) groups excluding carboxylic acids is 1. The molecule has 0 aromatic heterocycles. The molecule has 4 heteroatoms. The third-order valence-corrected chi connectivity index (χ3v) is 3.17. The van der Waals surface area contributed by atoms with Crippen LogP contribution in [0.2, 0.25) is 0 Å². The van der Waals surface area contributed by atoms with Crippen molar-refractivity contribution in [3.8, 4) is 0 Å². The minimum Gasteiger partial charge on any atom is -0.396 e. The summed E-state index contributed by atoms with van der Waals surface area (Å²) in [5, 5.41) is 9.01. The highest BCUT2D eigenvalue weighted by molar-refractivity contribution is 5.78. The van der Waals surface area contributed by atoms with Gasteiger partial charge in [-0.2, -0.15) is 0 Å². The summed E-state index contributed by atoms with van der Waals surface area (Å²) in [7, 11) is 0. The Bertz CT molecular complexity index is 380. The first-order chi connectivity index (χ1) is 8.79. The van der Waals surface area contributed by atoms with Gasteiger partial charge in [0.1, 0.15) is 0 Å². The Morgan fingerprint density at radius 2 is 2.11 bits per heavy atom. The summed E-state index contributed by atoms with van der Waals surface area (Å²) in [6.45, 7) is 2.48. The summed E-state index contributed by atoms with van der Waals surface area (Å²) in [5.74, 6) is 0.226. The van der Waals surface area contributed by atoms with E-state index in [1.807, 2.05) is 30.3 Å². The van der Waals surface area contributed by atoms with Crippen molar-refractivity contribution >= 4 is 5.91 Å². The molecule has 1 amide bonds. The summed E-state index contributed by atoms with van der Waals surface area (Å²) < 4.78 is 5.54. The lowest BCUT2D eigenvalue weighted by Crippen LogP contribution is -2.29. The molecule has 0 radical (unpaired) electrons. The quantitative estimate of drug-likeness (QED) is 0.766. The molecule has 0 saturated carbocycles. The normalized spacial score (nSPS) is 19.5. The standard InChI is InChI=1S/C14H19NO3/c16-10-13-8-14(17)15(9-13)6-7-18-11-12-4-2-1-3-5-12/h1-5,13,16H,6-11H2. The highest BCUT2D eigenvalue weighted by atomic mass is 16.5. The van der Waals surface area contributed by atoms with Gasteiger partial charge in [0.2, 0.25) is 5.91 Å². The lowest BCUT2D eigenvalue weighted by molar-refractivity contribution is -0.128. The van der Waals surface area contributed by atoms with E-state index in [9.17, 15) is 4.79 Å². The van der Waals surface area contributed by atoms with Crippen LogP contribution in [0.25, 0.3) is 0 Å². The number of amides is 1. The minimum absolute atomic E-state index is 0.0904. The van der Waals surface area contributed by atoms with Crippen LogP contribution in [0.1, 0.15) is 12.0 Å². The highest BCUT2D eigenvalue weighted by Gasteiger charge is 2.28. The first-order valence-electron chi connectivity index (χ1n) is 6.30. The van der Waals surface area contributed by atoms with Crippen LogP contribution >= 0.6 is 0 Å². The smallest absolute Gasteiger partial charge is 0.223 e. The molecule has 1 N–H and O–H groups in total. The molecule has 1 atom stereocenters. The lowest BCUT2D eigenvalue weighted by atomic mass is 10.1. The van der Waals surface area contributed by atoms with Crippen molar-refractivity contribution in [2.24, 2.45) is 5.92 Å². The highest BCUT2D eigenvalue weighted by Crippen LogP contribution is 2.16. The van der Waals surface area contributed by atoms with E-state index >= 15 is 0 Å². The van der Waals surface area contributed by atoms with Gasteiger partial charge in [-0.1, -0.05) is 30.3 Å². The Labute approximate surface area is 107 Å². The zero-order valence-electron chi connectivity index (χ0n) is 10.4. The molecule has 18 heavy (non-hydrogen) atoms. The second-order valence-corrected chi connectivity index (χ2v) is 4.63. The molecule has 1 aliphatic heterocycles. The zero-order chi connectivity index (χ0) is 12.8. The second kappa shape index (κ2) is 6.52. The number of rotatable bonds is 6. The van der Waals surface area contributed by atoms with Gasteiger partial charge in [0.25, 0.3) is 0 Å². The van der Waals surface area contributed by atoms with Gasteiger partial charge in [-0.25, -0.2) is 0 Å². The molecule has 98 valence electrons. The molecule has 1 heterocycles. The number of carbonyl (C=O) groups is 1. The number of nitrogens with zero attached hydrogens (tertiary/aromatic N) is 1. The van der Waals surface area contributed by atoms with E-state index in [4.69, 9.17) is 9.84 Å². The fourth-order valence-electron chi connectivity index (χ4n) is 2.13. The molecule has 1 aromatic rings. The first-order valence-corrected chi connectivity index (χ1v) is 6.30. The van der Waals surface area contributed by atoms with Crippen molar-refractivity contribution in [1.82, 2.24) is 4.90 Å². The van der Waals surface area contributed by atoms with Gasteiger partial charge >= 0.3 is 0 Å². The summed E-state index contributed by atoms with van der Waals surface area (Å²) in [6.07, 6.45) is 0.467. The van der Waals surface area contributed by atoms with Crippen LogP contribution in [0.4, 0.5) is 0 Å². The van der Waals surface area contributed by atoms with E-state index in [1.54, 1.807) is 4.90 Å². The van der Waals surface area contributed by atoms with Crippen molar-refractivity contribution in [3.05, 3.63) is 35.9 Å². The molecule has 1 saturated heterocycles. The van der Waals surface area contributed by atoms with Gasteiger partial charge in [-0.15, -0.1) is 0 Å². The van der Waals surface area contributed by atoms with Gasteiger partial charge < -0.3 is 14.7 Å². The number of hydrogen-bond acceptors (Lipinski definition) is 3. The second-order valence-electron chi connectivity index (χ2n) is 4.63. The molecule has 1 aromatic carbocycles. The van der Waals surface area contributed by atoms with E-state index in [2.05, 4.69) is 0 Å². The van der Waals surface area contributed by atoms with Gasteiger partial charge in [0, 0.05) is 32.0 Å². The van der Waals surface area contributed by atoms with Crippen LogP contribution in [0, 0.1) is 5.92 Å². The molecule has 1 aliphatic rings. The predicted octanol–water partition coefficient (Wildman–Crippen LogP) is 1.04. The molecular formula is C14H19NO3. The van der Waals surface area contributed by atoms with Crippen LogP contribution in [-0.2, 0) is 16.1 Å². The van der Waals surface area contributed by atoms with E-state index in [1.165, 1.54) is 0 Å². The topological polar surface area (TPSA) is 49.8 Å². The number of hydrogen-bond donors (Lipinski definition) is 1. The monoisotopic (exact) mass is 249 g/mol. The van der Waals surface area contributed by atoms with Gasteiger partial charge in [0.05, 0.1) is 13.2 Å². The van der Waals surface area contributed by atoms with Crippen molar-refractivity contribution in [1.29, 1.82) is 0 Å². The molecule has 0 bridgehead atoms. The molecular weight excluding hydrogens is 230 g/mol. The predicted molar refractivity (Wildman–Crippen MR) is 67.9 cm³/mol. The van der Waals surface area contributed by atoms with Gasteiger partial charge in [-0.3, -0.25) is 4.79 Å². The number of aliphatic hydroxyl groups is 1. The fraction of sp³-hybridized carbons (Fsp3) is 0.500. The Morgan fingerprint density at radius 3 is 2.78 bits per heavy atom. The van der Waals surface area contributed by atoms with Crippen LogP contribution < -0.4 is 0 Å². The van der Waals surface area contributed by atoms with Crippen molar-refractivity contribution in [2.75, 3.05) is 26.3 Å². The minimum atomic E-state index is 0.0904. The molecule has 0 spiro atoms. The maximum absolute atomic E-state index is 11.6. The lowest BCUT2D eigenvalue weighted by Gasteiger charge is -2.16. The number of benzene rings is 1. The van der Waals surface area contributed by atoms with E-state index in [0.717, 1.165) is 5.56 Å². The maximum atomic E-state index is 11.6. The van der Waals surface area contributed by atoms with Gasteiger partial charge in [0.15, 0.2) is 0 Å². The van der Waals surface area contributed by atoms with Crippen LogP contribution in [0.5, 0.6) is 0 Å². The maximum Gasteiger partial charge on any atom is 0.223 e. The number of aliphatic hydroxyl groups excluding tert-OH is 1. The Kier molecular flexibility index (Phi) is 4.73. The van der Waals surface area contributed by atoms with Crippen LogP contribution in [0.3, 0.4) is 0 Å². The van der Waals surface area contributed by atoms with Crippen LogP contribution in [0.15, 0.2) is 30.3 Å². The van der Waals surface area contributed by atoms with E-state index in [0.29, 0.717) is 32.7 Å². The van der Waals surface area contributed by atoms with E-state index < -0.39 is 0 Å². The van der Waals surface area contributed by atoms with E-state index in [-0.39, 0.29) is 18.4 Å².